The number of hydrogen-bond donors (Lipinski definition) is 3. The molecule has 6 heteroatoms. The maximum atomic E-state index is 12.5. The largest absolute Gasteiger partial charge is 0.466 e. The molecule has 0 heterocycles. The van der Waals surface area contributed by atoms with Gasteiger partial charge in [-0.25, -0.2) is 0 Å². The molecule has 0 rings (SSSR count). The number of amides is 1. The number of carbonyl (C=O) groups excluding carboxylic acids is 2. The third-order valence-corrected chi connectivity index (χ3v) is 15.9. The van der Waals surface area contributed by atoms with E-state index >= 15 is 0 Å². The lowest BCUT2D eigenvalue weighted by atomic mass is 10.0. The number of ether oxygens (including phenoxy) is 1. The lowest BCUT2D eigenvalue weighted by Crippen LogP contribution is -2.45. The minimum atomic E-state index is -0.670. The van der Waals surface area contributed by atoms with Gasteiger partial charge in [-0.2, -0.15) is 0 Å². The van der Waals surface area contributed by atoms with Gasteiger partial charge in [0.1, 0.15) is 0 Å². The van der Waals surface area contributed by atoms with E-state index < -0.39 is 12.1 Å². The second-order valence-electron chi connectivity index (χ2n) is 23.5. The van der Waals surface area contributed by atoms with Crippen LogP contribution in [0.4, 0.5) is 0 Å². The third-order valence-electron chi connectivity index (χ3n) is 15.9. The Morgan fingerprint density at radius 2 is 0.671 bits per heavy atom. The lowest BCUT2D eigenvalue weighted by Gasteiger charge is -2.22. The van der Waals surface area contributed by atoms with Gasteiger partial charge in [0, 0.05) is 12.8 Å². The number of nitrogens with one attached hydrogen (secondary N) is 1. The predicted octanol–water partition coefficient (Wildman–Crippen LogP) is 21.9. The van der Waals surface area contributed by atoms with Gasteiger partial charge in [0.15, 0.2) is 0 Å². The Morgan fingerprint density at radius 1 is 0.368 bits per heavy atom. The molecule has 0 saturated carbocycles. The van der Waals surface area contributed by atoms with Gasteiger partial charge in [-0.3, -0.25) is 9.59 Å². The Hall–Kier alpha value is -1.92. The van der Waals surface area contributed by atoms with Gasteiger partial charge in [0.25, 0.3) is 0 Å². The second-order valence-corrected chi connectivity index (χ2v) is 23.5. The Kier molecular flexibility index (Phi) is 63.9. The standard InChI is InChI=1S/C70H133NO5/c1-3-5-7-9-11-13-15-17-19-20-21-22-26-29-32-35-38-42-46-50-54-58-62-68(73)67(66-72)71-69(74)63-59-55-51-47-43-39-36-33-30-27-24-23-25-28-31-34-37-41-45-49-53-57-61-65-76-70(75)64-60-56-52-48-44-40-18-16-14-12-10-8-6-4-2/h10,12,16,18,27,30,67-68,72-73H,3-9,11,13-15,17,19-26,28-29,31-66H2,1-2H3,(H,71,74)/b12-10-,18-16-,30-27-. The van der Waals surface area contributed by atoms with Crippen LogP contribution >= 0.6 is 0 Å². The van der Waals surface area contributed by atoms with Gasteiger partial charge in [-0.05, 0) is 77.0 Å². The quantitative estimate of drug-likeness (QED) is 0.0320. The fourth-order valence-electron chi connectivity index (χ4n) is 10.7. The van der Waals surface area contributed by atoms with E-state index in [4.69, 9.17) is 4.74 Å². The summed E-state index contributed by atoms with van der Waals surface area (Å²) in [5, 5.41) is 23.4. The molecule has 0 spiro atoms. The Bertz CT molecular complexity index is 1230. The average molecular weight is 1070 g/mol. The first-order valence-corrected chi connectivity index (χ1v) is 34.2. The van der Waals surface area contributed by atoms with Crippen molar-refractivity contribution in [3.63, 3.8) is 0 Å². The minimum absolute atomic E-state index is 0.00266. The van der Waals surface area contributed by atoms with E-state index in [0.717, 1.165) is 51.4 Å². The number of aliphatic hydroxyl groups is 2. The first-order valence-electron chi connectivity index (χ1n) is 34.2. The predicted molar refractivity (Wildman–Crippen MR) is 333 cm³/mol. The molecular formula is C70H133NO5. The molecule has 0 radical (unpaired) electrons. The van der Waals surface area contributed by atoms with Gasteiger partial charge < -0.3 is 20.3 Å². The summed E-state index contributed by atoms with van der Waals surface area (Å²) in [5.74, 6) is -0.0404. The fraction of sp³-hybridized carbons (Fsp3) is 0.886. The Balaban J connectivity index is 3.42. The van der Waals surface area contributed by atoms with Crippen LogP contribution in [-0.2, 0) is 14.3 Å². The molecule has 2 atom stereocenters. The molecular weight excluding hydrogens is 935 g/mol. The monoisotopic (exact) mass is 1070 g/mol. The number of esters is 1. The van der Waals surface area contributed by atoms with Gasteiger partial charge in [-0.15, -0.1) is 0 Å². The van der Waals surface area contributed by atoms with E-state index in [0.29, 0.717) is 25.9 Å². The molecule has 0 aliphatic carbocycles. The summed E-state index contributed by atoms with van der Waals surface area (Å²) in [6.07, 6.45) is 83.2. The molecule has 0 aromatic heterocycles. The highest BCUT2D eigenvalue weighted by molar-refractivity contribution is 5.76. The normalized spacial score (nSPS) is 12.7. The molecule has 0 aromatic carbocycles. The Morgan fingerprint density at radius 3 is 1.05 bits per heavy atom. The third kappa shape index (κ3) is 61.3. The average Bonchev–Trinajstić information content (AvgIpc) is 3.42. The molecule has 76 heavy (non-hydrogen) atoms. The second kappa shape index (κ2) is 65.6. The number of aliphatic hydroxyl groups excluding tert-OH is 2. The zero-order valence-corrected chi connectivity index (χ0v) is 51.3. The smallest absolute Gasteiger partial charge is 0.305 e. The highest BCUT2D eigenvalue weighted by atomic mass is 16.5. The van der Waals surface area contributed by atoms with Crippen LogP contribution in [-0.4, -0.2) is 47.4 Å². The number of hydrogen-bond acceptors (Lipinski definition) is 5. The fourth-order valence-corrected chi connectivity index (χ4v) is 10.7. The van der Waals surface area contributed by atoms with Crippen LogP contribution in [0.2, 0.25) is 0 Å². The maximum Gasteiger partial charge on any atom is 0.305 e. The molecule has 1 amide bonds. The minimum Gasteiger partial charge on any atom is -0.466 e. The molecule has 6 nitrogen and oxygen atoms in total. The van der Waals surface area contributed by atoms with Crippen molar-refractivity contribution in [1.82, 2.24) is 5.32 Å². The van der Waals surface area contributed by atoms with E-state index in [1.807, 2.05) is 0 Å². The van der Waals surface area contributed by atoms with Crippen LogP contribution in [0.1, 0.15) is 373 Å². The van der Waals surface area contributed by atoms with Crippen LogP contribution < -0.4 is 5.32 Å². The summed E-state index contributed by atoms with van der Waals surface area (Å²) in [4.78, 5) is 24.6. The summed E-state index contributed by atoms with van der Waals surface area (Å²) in [5.41, 5.74) is 0. The van der Waals surface area contributed by atoms with Crippen molar-refractivity contribution in [3.8, 4) is 0 Å². The van der Waals surface area contributed by atoms with Crippen molar-refractivity contribution in [1.29, 1.82) is 0 Å². The van der Waals surface area contributed by atoms with E-state index in [9.17, 15) is 19.8 Å². The summed E-state index contributed by atoms with van der Waals surface area (Å²) >= 11 is 0. The van der Waals surface area contributed by atoms with Crippen molar-refractivity contribution < 1.29 is 24.5 Å². The van der Waals surface area contributed by atoms with Crippen LogP contribution in [0, 0.1) is 0 Å². The van der Waals surface area contributed by atoms with Gasteiger partial charge in [0.05, 0.1) is 25.4 Å². The molecule has 0 saturated heterocycles. The van der Waals surface area contributed by atoms with Crippen molar-refractivity contribution in [2.45, 2.75) is 386 Å². The van der Waals surface area contributed by atoms with E-state index in [-0.39, 0.29) is 18.5 Å². The zero-order valence-electron chi connectivity index (χ0n) is 51.3. The summed E-state index contributed by atoms with van der Waals surface area (Å²) < 4.78 is 5.48. The van der Waals surface area contributed by atoms with Crippen LogP contribution in [0.3, 0.4) is 0 Å². The molecule has 0 bridgehead atoms. The summed E-state index contributed by atoms with van der Waals surface area (Å²) in [6, 6.07) is -0.548. The van der Waals surface area contributed by atoms with Crippen molar-refractivity contribution in [2.75, 3.05) is 13.2 Å². The molecule has 448 valence electrons. The van der Waals surface area contributed by atoms with Crippen molar-refractivity contribution in [2.24, 2.45) is 0 Å². The highest BCUT2D eigenvalue weighted by Crippen LogP contribution is 2.18. The Labute approximate surface area is 474 Å². The van der Waals surface area contributed by atoms with Gasteiger partial charge >= 0.3 is 5.97 Å². The topological polar surface area (TPSA) is 95.9 Å². The van der Waals surface area contributed by atoms with Crippen molar-refractivity contribution in [3.05, 3.63) is 36.5 Å². The molecule has 0 fully saturated rings. The molecule has 0 aromatic rings. The van der Waals surface area contributed by atoms with Crippen molar-refractivity contribution >= 4 is 11.9 Å². The van der Waals surface area contributed by atoms with E-state index in [2.05, 4.69) is 55.6 Å². The van der Waals surface area contributed by atoms with E-state index in [1.54, 1.807) is 0 Å². The number of unbranched alkanes of at least 4 members (excludes halogenated alkanes) is 47. The van der Waals surface area contributed by atoms with Crippen LogP contribution in [0.15, 0.2) is 36.5 Å². The SMILES string of the molecule is CCCC/C=C\C/C=C\CCCCCCCC(=O)OCCCCCCCCCCCCCC/C=C\CCCCCCCCCC(=O)NC(CO)C(O)CCCCCCCCCCCCCCCCCCCCCCCC. The number of allylic oxidation sites excluding steroid dienone is 6. The van der Waals surface area contributed by atoms with Crippen LogP contribution in [0.25, 0.3) is 0 Å². The summed E-state index contributed by atoms with van der Waals surface area (Å²) in [7, 11) is 0. The molecule has 2 unspecified atom stereocenters. The molecule has 0 aliphatic heterocycles. The van der Waals surface area contributed by atoms with Gasteiger partial charge in [0.2, 0.25) is 5.91 Å². The van der Waals surface area contributed by atoms with E-state index in [1.165, 1.54) is 289 Å². The maximum absolute atomic E-state index is 12.5. The first-order chi connectivity index (χ1) is 37.5. The van der Waals surface area contributed by atoms with Gasteiger partial charge in [-0.1, -0.05) is 320 Å². The highest BCUT2D eigenvalue weighted by Gasteiger charge is 2.20. The number of rotatable bonds is 64. The number of carbonyl (C=O) groups is 2. The molecule has 0 aliphatic rings. The summed E-state index contributed by atoms with van der Waals surface area (Å²) in [6.45, 7) is 4.93. The first kappa shape index (κ1) is 74.1. The zero-order chi connectivity index (χ0) is 55.0. The molecule has 3 N–H and O–H groups in total. The van der Waals surface area contributed by atoms with Crippen LogP contribution in [0.5, 0.6) is 0 Å². The lowest BCUT2D eigenvalue weighted by molar-refractivity contribution is -0.143.